The molecule has 0 aliphatic carbocycles. The number of aliphatic imine (C=N–C) groups is 1. The van der Waals surface area contributed by atoms with Crippen LogP contribution in [-0.2, 0) is 33.4 Å². The Labute approximate surface area is 449 Å². The van der Waals surface area contributed by atoms with Crippen molar-refractivity contribution in [3.63, 3.8) is 0 Å². The smallest absolute Gasteiger partial charge is 0.172 e. The SMILES string of the molecule is C.CC1=NCC(c2cc(C(=O)Cc3ccc(C)cn3)c3ncnn3c2)=C1.Cc1ccc(CC(=O)c2cc(-c3cc(C)nn3C)cn3ncnc23)nc1.Cc1cccc(CC(=O)c2cc(-c3cc(C)nn3C)cn3ncnc23)n1. The molecule has 1 aliphatic heterocycles. The predicted molar refractivity (Wildman–Crippen MR) is 297 cm³/mol. The number of carbonyl (C=O) groups is 3. The Bertz CT molecular complexity index is 4100. The summed E-state index contributed by atoms with van der Waals surface area (Å²) in [6, 6.07) is 22.9. The number of Topliss-reactive ketones (excluding diaryl/α,β-unsaturated/α-hetero) is 3. The van der Waals surface area contributed by atoms with Gasteiger partial charge < -0.3 is 0 Å². The lowest BCUT2D eigenvalue weighted by atomic mass is 10.0. The molecule has 0 atom stereocenters. The van der Waals surface area contributed by atoms with E-state index in [0.29, 0.717) is 40.2 Å². The second kappa shape index (κ2) is 22.6. The number of aromatic nitrogens is 16. The third-order valence-electron chi connectivity index (χ3n) is 12.8. The molecule has 1 aliphatic rings. The third-order valence-corrected chi connectivity index (χ3v) is 12.8. The lowest BCUT2D eigenvalue weighted by Crippen LogP contribution is -2.09. The van der Waals surface area contributed by atoms with Gasteiger partial charge in [-0.25, -0.2) is 28.5 Å². The summed E-state index contributed by atoms with van der Waals surface area (Å²) >= 11 is 0. The van der Waals surface area contributed by atoms with E-state index in [2.05, 4.69) is 60.4 Å². The molecule has 0 unspecified atom stereocenters. The van der Waals surface area contributed by atoms with Crippen LogP contribution in [0.4, 0.5) is 0 Å². The van der Waals surface area contributed by atoms with Crippen LogP contribution >= 0.6 is 0 Å². The average molecular weight is 1040 g/mol. The van der Waals surface area contributed by atoms with Crippen molar-refractivity contribution in [2.75, 3.05) is 6.54 Å². The van der Waals surface area contributed by atoms with Crippen molar-refractivity contribution in [2.45, 2.75) is 68.2 Å². The summed E-state index contributed by atoms with van der Waals surface area (Å²) in [5.41, 5.74) is 16.9. The number of rotatable bonds is 12. The maximum atomic E-state index is 13.0. The van der Waals surface area contributed by atoms with Crippen LogP contribution in [-0.4, -0.2) is 108 Å². The van der Waals surface area contributed by atoms with Crippen LogP contribution in [0.3, 0.4) is 0 Å². The monoisotopic (exact) mass is 1040 g/mol. The lowest BCUT2D eigenvalue weighted by Gasteiger charge is -2.08. The minimum atomic E-state index is -0.0416. The average Bonchev–Trinajstić information content (AvgIpc) is 4.34. The molecule has 0 N–H and O–H groups in total. The molecule has 0 saturated heterocycles. The molecule has 11 aromatic heterocycles. The molecule has 0 radical (unpaired) electrons. The van der Waals surface area contributed by atoms with Crippen molar-refractivity contribution < 1.29 is 14.4 Å². The van der Waals surface area contributed by atoms with E-state index in [0.717, 1.165) is 84.7 Å². The fourth-order valence-electron chi connectivity index (χ4n) is 9.02. The van der Waals surface area contributed by atoms with Crippen molar-refractivity contribution in [1.82, 2.24) is 78.3 Å². The maximum Gasteiger partial charge on any atom is 0.172 e. The lowest BCUT2D eigenvalue weighted by molar-refractivity contribution is 0.0984. The van der Waals surface area contributed by atoms with Gasteiger partial charge in [-0.05, 0) is 124 Å². The molecule has 78 heavy (non-hydrogen) atoms. The molecular formula is C58H57N17O3. The van der Waals surface area contributed by atoms with Gasteiger partial charge in [-0.3, -0.25) is 43.7 Å². The second-order valence-electron chi connectivity index (χ2n) is 19.0. The molecule has 12 rings (SSSR count). The summed E-state index contributed by atoms with van der Waals surface area (Å²) in [4.78, 5) is 69.0. The van der Waals surface area contributed by atoms with E-state index in [1.165, 1.54) is 19.0 Å². The van der Waals surface area contributed by atoms with Gasteiger partial charge >= 0.3 is 0 Å². The largest absolute Gasteiger partial charge is 0.294 e. The van der Waals surface area contributed by atoms with Crippen LogP contribution in [0.1, 0.15) is 96.3 Å². The number of aryl methyl sites for hydroxylation is 7. The van der Waals surface area contributed by atoms with E-state index in [-0.39, 0.29) is 44.0 Å². The number of hydrogen-bond donors (Lipinski definition) is 0. The minimum absolute atomic E-state index is 0. The first kappa shape index (κ1) is 53.0. The standard InChI is InChI=1S/2C19H18N6O.C19H17N5O.CH4/c1-12-4-5-15(20-9-12)8-18(26)16-7-14(10-25-19(16)21-11-22-25)17-6-13(2)23-24(17)3;1-12-5-4-6-15(22-12)9-18(26)16-8-14(10-25-19(16)20-11-21-25)17-7-13(2)23-24(17)3;1-12-3-4-16(21-8-12)7-18(25)17-6-15(14-5-13(2)20-9-14)10-24-19(17)22-11-23-24;/h4-7,9-11H,8H2,1-3H3;4-8,10-11H,9H2,1-3H3;3-6,8,10-11H,7,9H2,1-2H3;1H4. The summed E-state index contributed by atoms with van der Waals surface area (Å²) in [7, 11) is 3.76. The number of carbonyl (C=O) groups excluding carboxylic acids is 3. The molecule has 392 valence electrons. The zero-order chi connectivity index (χ0) is 53.9. The highest BCUT2D eigenvalue weighted by Crippen LogP contribution is 2.27. The van der Waals surface area contributed by atoms with E-state index in [4.69, 9.17) is 0 Å². The quantitative estimate of drug-likeness (QED) is 0.105. The Morgan fingerprint density at radius 1 is 0.500 bits per heavy atom. The number of ketones is 3. The van der Waals surface area contributed by atoms with Gasteiger partial charge in [0.1, 0.15) is 19.0 Å². The highest BCUT2D eigenvalue weighted by Gasteiger charge is 2.21. The van der Waals surface area contributed by atoms with Gasteiger partial charge in [0, 0.05) is 84.7 Å². The molecule has 11 aromatic rings. The predicted octanol–water partition coefficient (Wildman–Crippen LogP) is 8.49. The highest BCUT2D eigenvalue weighted by atomic mass is 16.1. The summed E-state index contributed by atoms with van der Waals surface area (Å²) in [6.45, 7) is 12.3. The van der Waals surface area contributed by atoms with E-state index in [1.54, 1.807) is 35.3 Å². The Morgan fingerprint density at radius 3 is 1.32 bits per heavy atom. The Balaban J connectivity index is 0.000000141. The normalized spacial score (nSPS) is 11.9. The molecule has 0 fully saturated rings. The minimum Gasteiger partial charge on any atom is -0.294 e. The first-order valence-electron chi connectivity index (χ1n) is 24.7. The second-order valence-corrected chi connectivity index (χ2v) is 19.0. The van der Waals surface area contributed by atoms with Gasteiger partial charge in [-0.15, -0.1) is 0 Å². The summed E-state index contributed by atoms with van der Waals surface area (Å²) in [6.07, 6.45) is 16.2. The maximum absolute atomic E-state index is 13.0. The van der Waals surface area contributed by atoms with Gasteiger partial charge in [-0.1, -0.05) is 25.6 Å². The van der Waals surface area contributed by atoms with Crippen LogP contribution in [0.15, 0.2) is 134 Å². The molecule has 0 saturated carbocycles. The van der Waals surface area contributed by atoms with Gasteiger partial charge in [0.2, 0.25) is 0 Å². The molecule has 0 spiro atoms. The molecule has 0 amide bonds. The molecule has 12 heterocycles. The molecule has 0 aromatic carbocycles. The number of allylic oxidation sites excluding steroid dienone is 1. The third kappa shape index (κ3) is 11.7. The van der Waals surface area contributed by atoms with E-state index >= 15 is 0 Å². The highest BCUT2D eigenvalue weighted by molar-refractivity contribution is 6.06. The van der Waals surface area contributed by atoms with Crippen LogP contribution in [0.5, 0.6) is 0 Å². The number of nitrogens with zero attached hydrogens (tertiary/aromatic N) is 17. The van der Waals surface area contributed by atoms with E-state index in [9.17, 15) is 14.4 Å². The molecule has 20 heteroatoms. The zero-order valence-corrected chi connectivity index (χ0v) is 43.8. The zero-order valence-electron chi connectivity index (χ0n) is 43.8. The molecule has 20 nitrogen and oxygen atoms in total. The number of pyridine rings is 6. The summed E-state index contributed by atoms with van der Waals surface area (Å²) in [5.74, 6) is -0.102. The first-order chi connectivity index (χ1) is 37.1. The Hall–Kier alpha value is -9.85. The number of hydrogen-bond acceptors (Lipinski definition) is 15. The Morgan fingerprint density at radius 2 is 0.936 bits per heavy atom. The van der Waals surface area contributed by atoms with Crippen molar-refractivity contribution in [1.29, 1.82) is 0 Å². The van der Waals surface area contributed by atoms with Gasteiger partial charge in [0.15, 0.2) is 34.3 Å². The van der Waals surface area contributed by atoms with Gasteiger partial charge in [0.25, 0.3) is 0 Å². The molecular weight excluding hydrogens is 983 g/mol. The fourth-order valence-corrected chi connectivity index (χ4v) is 9.02. The van der Waals surface area contributed by atoms with Crippen LogP contribution < -0.4 is 0 Å². The summed E-state index contributed by atoms with van der Waals surface area (Å²) < 4.78 is 8.51. The van der Waals surface area contributed by atoms with Crippen LogP contribution in [0.2, 0.25) is 0 Å². The fraction of sp³-hybridized carbons (Fsp3) is 0.224. The Kier molecular flexibility index (Phi) is 15.3. The van der Waals surface area contributed by atoms with E-state index in [1.807, 2.05) is 153 Å². The molecule has 0 bridgehead atoms. The first-order valence-corrected chi connectivity index (χ1v) is 24.7. The van der Waals surface area contributed by atoms with Gasteiger partial charge in [-0.2, -0.15) is 25.5 Å². The van der Waals surface area contributed by atoms with Crippen molar-refractivity contribution in [3.8, 4) is 22.5 Å². The van der Waals surface area contributed by atoms with Crippen molar-refractivity contribution >= 4 is 45.6 Å². The van der Waals surface area contributed by atoms with Crippen molar-refractivity contribution in [3.05, 3.63) is 196 Å². The van der Waals surface area contributed by atoms with Gasteiger partial charge in [0.05, 0.1) is 65.3 Å². The van der Waals surface area contributed by atoms with Crippen molar-refractivity contribution in [2.24, 2.45) is 19.1 Å². The van der Waals surface area contributed by atoms with Crippen LogP contribution in [0.25, 0.3) is 45.0 Å². The van der Waals surface area contributed by atoms with E-state index < -0.39 is 0 Å². The van der Waals surface area contributed by atoms with Crippen LogP contribution in [0, 0.1) is 34.6 Å². The topological polar surface area (TPSA) is 228 Å². The summed E-state index contributed by atoms with van der Waals surface area (Å²) in [5, 5.41) is 21.4. The number of fused-ring (bicyclic) bond motifs is 3.